The van der Waals surface area contributed by atoms with Crippen LogP contribution in [-0.4, -0.2) is 26.7 Å². The topological polar surface area (TPSA) is 88.8 Å². The van der Waals surface area contributed by atoms with Gasteiger partial charge in [0, 0.05) is 28.2 Å². The minimum atomic E-state index is -0.988. The maximum atomic E-state index is 11.4. The fourth-order valence-corrected chi connectivity index (χ4v) is 3.03. The molecule has 1 heterocycles. The minimum absolute atomic E-state index is 0.205. The van der Waals surface area contributed by atoms with Crippen LogP contribution >= 0.6 is 0 Å². The zero-order valence-corrected chi connectivity index (χ0v) is 15.5. The van der Waals surface area contributed by atoms with Crippen molar-refractivity contribution in [3.05, 3.63) is 71.4 Å². The van der Waals surface area contributed by atoms with Crippen LogP contribution in [0.5, 0.6) is 5.75 Å². The third kappa shape index (κ3) is 4.40. The third-order valence-electron chi connectivity index (χ3n) is 4.42. The van der Waals surface area contributed by atoms with Gasteiger partial charge in [-0.15, -0.1) is 0 Å². The van der Waals surface area contributed by atoms with Crippen molar-refractivity contribution in [3.8, 4) is 5.75 Å². The van der Waals surface area contributed by atoms with Gasteiger partial charge in [0.15, 0.2) is 0 Å². The van der Waals surface area contributed by atoms with Gasteiger partial charge in [0.1, 0.15) is 18.9 Å². The highest BCUT2D eigenvalue weighted by Crippen LogP contribution is 2.29. The van der Waals surface area contributed by atoms with Crippen molar-refractivity contribution in [2.24, 2.45) is 0 Å². The van der Waals surface area contributed by atoms with E-state index in [1.54, 1.807) is 35.9 Å². The Labute approximate surface area is 162 Å². The standard InChI is InChI=1S/C22H21NO5/c1-2-16(22(26)27)10-17-12-23(13-21(24)25)20-9-8-18(11-19(17)20)28-14-15-6-4-3-5-7-15/h3-12H,2,13-14H2,1H3,(H,24,25)(H,26,27)/b16-10+. The third-order valence-corrected chi connectivity index (χ3v) is 4.42. The molecule has 3 rings (SSSR count). The molecular weight excluding hydrogens is 358 g/mol. The number of fused-ring (bicyclic) bond motifs is 1. The van der Waals surface area contributed by atoms with E-state index in [1.165, 1.54) is 0 Å². The lowest BCUT2D eigenvalue weighted by atomic mass is 10.1. The summed E-state index contributed by atoms with van der Waals surface area (Å²) in [6, 6.07) is 15.2. The van der Waals surface area contributed by atoms with Crippen LogP contribution < -0.4 is 4.74 Å². The molecule has 2 N–H and O–H groups in total. The van der Waals surface area contributed by atoms with E-state index in [9.17, 15) is 14.7 Å². The first kappa shape index (κ1) is 19.2. The molecule has 0 spiro atoms. The molecule has 0 aliphatic rings. The number of nitrogens with zero attached hydrogens (tertiary/aromatic N) is 1. The first-order chi connectivity index (χ1) is 13.5. The van der Waals surface area contributed by atoms with Crippen molar-refractivity contribution in [1.29, 1.82) is 0 Å². The monoisotopic (exact) mass is 379 g/mol. The summed E-state index contributed by atoms with van der Waals surface area (Å²) in [6.07, 6.45) is 3.62. The van der Waals surface area contributed by atoms with E-state index in [4.69, 9.17) is 9.84 Å². The summed E-state index contributed by atoms with van der Waals surface area (Å²) in [5.41, 5.74) is 2.65. The number of hydrogen-bond donors (Lipinski definition) is 2. The lowest BCUT2D eigenvalue weighted by molar-refractivity contribution is -0.137. The first-order valence-electron chi connectivity index (χ1n) is 8.93. The fourth-order valence-electron chi connectivity index (χ4n) is 3.03. The van der Waals surface area contributed by atoms with Gasteiger partial charge >= 0.3 is 11.9 Å². The van der Waals surface area contributed by atoms with E-state index in [0.29, 0.717) is 29.9 Å². The molecule has 0 aliphatic heterocycles. The molecule has 0 aliphatic carbocycles. The smallest absolute Gasteiger partial charge is 0.331 e. The second-order valence-electron chi connectivity index (χ2n) is 6.39. The van der Waals surface area contributed by atoms with Crippen molar-refractivity contribution in [2.75, 3.05) is 0 Å². The summed E-state index contributed by atoms with van der Waals surface area (Å²) in [4.78, 5) is 22.6. The number of rotatable bonds is 8. The van der Waals surface area contributed by atoms with Gasteiger partial charge < -0.3 is 19.5 Å². The average molecular weight is 379 g/mol. The summed E-state index contributed by atoms with van der Waals surface area (Å²) in [6.45, 7) is 1.97. The van der Waals surface area contributed by atoms with Crippen LogP contribution in [0.1, 0.15) is 24.5 Å². The Morgan fingerprint density at radius 1 is 1.11 bits per heavy atom. The van der Waals surface area contributed by atoms with E-state index in [-0.39, 0.29) is 12.1 Å². The first-order valence-corrected chi connectivity index (χ1v) is 8.93. The molecular formula is C22H21NO5. The summed E-state index contributed by atoms with van der Waals surface area (Å²) >= 11 is 0. The van der Waals surface area contributed by atoms with E-state index in [0.717, 1.165) is 10.9 Å². The van der Waals surface area contributed by atoms with Gasteiger partial charge in [-0.2, -0.15) is 0 Å². The molecule has 0 bridgehead atoms. The fraction of sp³-hybridized carbons (Fsp3) is 0.182. The summed E-state index contributed by atoms with van der Waals surface area (Å²) in [5.74, 6) is -1.32. The van der Waals surface area contributed by atoms with Crippen molar-refractivity contribution in [1.82, 2.24) is 4.57 Å². The van der Waals surface area contributed by atoms with Gasteiger partial charge in [-0.1, -0.05) is 37.3 Å². The van der Waals surface area contributed by atoms with Crippen LogP contribution in [-0.2, 0) is 22.7 Å². The van der Waals surface area contributed by atoms with Gasteiger partial charge in [-0.3, -0.25) is 4.79 Å². The number of aromatic nitrogens is 1. The van der Waals surface area contributed by atoms with Crippen LogP contribution in [0.2, 0.25) is 0 Å². The number of carboxylic acid groups (broad SMARTS) is 2. The molecule has 2 aromatic carbocycles. The Hall–Kier alpha value is -3.54. The lowest BCUT2D eigenvalue weighted by Crippen LogP contribution is -2.07. The maximum absolute atomic E-state index is 11.4. The summed E-state index contributed by atoms with van der Waals surface area (Å²) in [7, 11) is 0. The van der Waals surface area contributed by atoms with Crippen molar-refractivity contribution in [3.63, 3.8) is 0 Å². The molecule has 28 heavy (non-hydrogen) atoms. The predicted molar refractivity (Wildman–Crippen MR) is 106 cm³/mol. The number of carboxylic acids is 2. The Kier molecular flexibility index (Phi) is 5.79. The molecule has 1 aromatic heterocycles. The Morgan fingerprint density at radius 2 is 1.86 bits per heavy atom. The van der Waals surface area contributed by atoms with Gasteiger partial charge in [0.2, 0.25) is 0 Å². The van der Waals surface area contributed by atoms with Gasteiger partial charge in [-0.05, 0) is 36.3 Å². The van der Waals surface area contributed by atoms with Crippen LogP contribution in [0.25, 0.3) is 17.0 Å². The highest BCUT2D eigenvalue weighted by atomic mass is 16.5. The molecule has 144 valence electrons. The molecule has 0 saturated carbocycles. The van der Waals surface area contributed by atoms with Gasteiger partial charge in [0.05, 0.1) is 0 Å². The Morgan fingerprint density at radius 3 is 2.50 bits per heavy atom. The number of aliphatic carboxylic acids is 2. The van der Waals surface area contributed by atoms with E-state index < -0.39 is 11.9 Å². The van der Waals surface area contributed by atoms with Crippen LogP contribution in [0, 0.1) is 0 Å². The molecule has 0 radical (unpaired) electrons. The molecule has 0 saturated heterocycles. The zero-order valence-electron chi connectivity index (χ0n) is 15.5. The van der Waals surface area contributed by atoms with E-state index in [2.05, 4.69) is 0 Å². The largest absolute Gasteiger partial charge is 0.489 e. The van der Waals surface area contributed by atoms with E-state index >= 15 is 0 Å². The Bertz CT molecular complexity index is 1030. The quantitative estimate of drug-likeness (QED) is 0.573. The number of ether oxygens (including phenoxy) is 1. The van der Waals surface area contributed by atoms with Crippen molar-refractivity contribution >= 4 is 28.9 Å². The maximum Gasteiger partial charge on any atom is 0.331 e. The van der Waals surface area contributed by atoms with Crippen LogP contribution in [0.4, 0.5) is 0 Å². The highest BCUT2D eigenvalue weighted by Gasteiger charge is 2.13. The number of carbonyl (C=O) groups is 2. The molecule has 6 nitrogen and oxygen atoms in total. The molecule has 6 heteroatoms. The van der Waals surface area contributed by atoms with Gasteiger partial charge in [0.25, 0.3) is 0 Å². The molecule has 0 atom stereocenters. The van der Waals surface area contributed by atoms with Gasteiger partial charge in [-0.25, -0.2) is 4.79 Å². The van der Waals surface area contributed by atoms with Crippen LogP contribution in [0.3, 0.4) is 0 Å². The second kappa shape index (κ2) is 8.43. The minimum Gasteiger partial charge on any atom is -0.489 e. The number of hydrogen-bond acceptors (Lipinski definition) is 3. The summed E-state index contributed by atoms with van der Waals surface area (Å²) < 4.78 is 7.46. The number of benzene rings is 2. The second-order valence-corrected chi connectivity index (χ2v) is 6.39. The van der Waals surface area contributed by atoms with E-state index in [1.807, 2.05) is 36.4 Å². The lowest BCUT2D eigenvalue weighted by Gasteiger charge is -2.07. The molecule has 0 unspecified atom stereocenters. The normalized spacial score (nSPS) is 11.5. The SMILES string of the molecule is CC/C(=C\c1cn(CC(=O)O)c2ccc(OCc3ccccc3)cc12)C(=O)O. The molecule has 0 fully saturated rings. The average Bonchev–Trinajstić information content (AvgIpc) is 3.01. The Balaban J connectivity index is 2.00. The zero-order chi connectivity index (χ0) is 20.1. The highest BCUT2D eigenvalue weighted by molar-refractivity contribution is 5.98. The predicted octanol–water partition coefficient (Wildman–Crippen LogP) is 4.18. The molecule has 0 amide bonds. The van der Waals surface area contributed by atoms with Crippen molar-refractivity contribution < 1.29 is 24.5 Å². The van der Waals surface area contributed by atoms with Crippen molar-refractivity contribution in [2.45, 2.75) is 26.5 Å². The summed E-state index contributed by atoms with van der Waals surface area (Å²) in [5, 5.41) is 19.2. The molecule has 3 aromatic rings. The van der Waals surface area contributed by atoms with Crippen LogP contribution in [0.15, 0.2) is 60.3 Å².